The molecule has 0 fully saturated rings. The molecule has 1 aromatic carbocycles. The van der Waals surface area contributed by atoms with Crippen LogP contribution >= 0.6 is 0 Å². The van der Waals surface area contributed by atoms with Gasteiger partial charge in [-0.05, 0) is 42.7 Å². The Morgan fingerprint density at radius 3 is 2.52 bits per heavy atom. The van der Waals surface area contributed by atoms with Crippen molar-refractivity contribution >= 4 is 18.2 Å². The fraction of sp³-hybridized carbons (Fsp3) is 0.100. The lowest BCUT2D eigenvalue weighted by Crippen LogP contribution is -1.99. The first-order valence-corrected chi connectivity index (χ1v) is 7.44. The van der Waals surface area contributed by atoms with Crippen LogP contribution in [0.5, 0.6) is 0 Å². The Kier molecular flexibility index (Phi) is 2.97. The van der Waals surface area contributed by atoms with Crippen LogP contribution in [0.4, 0.5) is 0 Å². The summed E-state index contributed by atoms with van der Waals surface area (Å²) in [4.78, 5) is 0. The Bertz CT molecular complexity index is 783. The first-order valence-electron chi connectivity index (χ1n) is 7.44. The Morgan fingerprint density at radius 2 is 1.62 bits per heavy atom. The van der Waals surface area contributed by atoms with Gasteiger partial charge in [0.1, 0.15) is 0 Å². The fourth-order valence-electron chi connectivity index (χ4n) is 3.13. The molecular formula is C20H17N. The number of allylic oxidation sites excluding steroid dienone is 5. The summed E-state index contributed by atoms with van der Waals surface area (Å²) in [6.45, 7) is 0. The summed E-state index contributed by atoms with van der Waals surface area (Å²) >= 11 is 0. The van der Waals surface area contributed by atoms with Gasteiger partial charge >= 0.3 is 0 Å². The van der Waals surface area contributed by atoms with Gasteiger partial charge in [-0.3, -0.25) is 0 Å². The van der Waals surface area contributed by atoms with Gasteiger partial charge in [-0.2, -0.15) is 0 Å². The molecule has 0 N–H and O–H groups in total. The quantitative estimate of drug-likeness (QED) is 0.685. The molecular weight excluding hydrogens is 254 g/mol. The van der Waals surface area contributed by atoms with E-state index < -0.39 is 0 Å². The molecule has 102 valence electrons. The van der Waals surface area contributed by atoms with Crippen molar-refractivity contribution in [2.75, 3.05) is 0 Å². The molecule has 0 bridgehead atoms. The Hall–Kier alpha value is -2.54. The molecule has 0 spiro atoms. The number of aromatic nitrogens is 1. The lowest BCUT2D eigenvalue weighted by molar-refractivity contribution is 1.04. The third-order valence-corrected chi connectivity index (χ3v) is 4.06. The summed E-state index contributed by atoms with van der Waals surface area (Å²) in [5, 5.41) is 0. The summed E-state index contributed by atoms with van der Waals surface area (Å²) in [6, 6.07) is 10.6. The number of nitrogens with zero attached hydrogens (tertiary/aromatic N) is 1. The minimum Gasteiger partial charge on any atom is -0.310 e. The minimum absolute atomic E-state index is 0.989. The van der Waals surface area contributed by atoms with Crippen LogP contribution in [0.25, 0.3) is 23.9 Å². The molecule has 0 saturated heterocycles. The molecule has 0 amide bonds. The summed E-state index contributed by atoms with van der Waals surface area (Å²) < 4.78 is 2.38. The Balaban J connectivity index is 2.06. The van der Waals surface area contributed by atoms with Gasteiger partial charge in [0.15, 0.2) is 0 Å². The average molecular weight is 271 g/mol. The highest BCUT2D eigenvalue weighted by Crippen LogP contribution is 2.33. The van der Waals surface area contributed by atoms with Gasteiger partial charge in [0.05, 0.1) is 11.4 Å². The van der Waals surface area contributed by atoms with Crippen LogP contribution in [0.1, 0.15) is 28.9 Å². The third kappa shape index (κ3) is 2.02. The van der Waals surface area contributed by atoms with Gasteiger partial charge < -0.3 is 4.57 Å². The predicted octanol–water partition coefficient (Wildman–Crippen LogP) is 5.03. The monoisotopic (exact) mass is 271 g/mol. The van der Waals surface area contributed by atoms with Crippen LogP contribution in [-0.4, -0.2) is 4.57 Å². The van der Waals surface area contributed by atoms with Gasteiger partial charge in [-0.1, -0.05) is 54.7 Å². The normalized spacial score (nSPS) is 15.4. The number of hydrogen-bond acceptors (Lipinski definition) is 0. The molecule has 1 heterocycles. The molecule has 2 aliphatic carbocycles. The summed E-state index contributed by atoms with van der Waals surface area (Å²) in [5.41, 5.74) is 6.59. The van der Waals surface area contributed by atoms with Crippen molar-refractivity contribution in [1.29, 1.82) is 0 Å². The number of hydrogen-bond donors (Lipinski definition) is 0. The van der Waals surface area contributed by atoms with E-state index in [-0.39, 0.29) is 0 Å². The van der Waals surface area contributed by atoms with Crippen molar-refractivity contribution < 1.29 is 0 Å². The van der Waals surface area contributed by atoms with Gasteiger partial charge in [0.2, 0.25) is 0 Å². The standard InChI is InChI=1S/C20H17N/c1-4-10-16(11-5-1)21-19-14-8-2-6-12-17(19)18-13-7-3-9-15-20(18)21/h1-2,4-11,13-15H,3,12H2. The molecule has 0 aliphatic heterocycles. The molecule has 21 heavy (non-hydrogen) atoms. The van der Waals surface area contributed by atoms with Crippen molar-refractivity contribution in [3.63, 3.8) is 0 Å². The van der Waals surface area contributed by atoms with Crippen molar-refractivity contribution in [2.24, 2.45) is 0 Å². The molecule has 1 heteroatoms. The molecule has 0 atom stereocenters. The molecule has 0 saturated carbocycles. The van der Waals surface area contributed by atoms with E-state index in [1.807, 2.05) is 0 Å². The second-order valence-corrected chi connectivity index (χ2v) is 5.37. The van der Waals surface area contributed by atoms with Crippen molar-refractivity contribution in [3.05, 3.63) is 83.2 Å². The maximum absolute atomic E-state index is 2.38. The molecule has 2 aliphatic rings. The smallest absolute Gasteiger partial charge is 0.0534 e. The topological polar surface area (TPSA) is 4.93 Å². The fourth-order valence-corrected chi connectivity index (χ4v) is 3.13. The van der Waals surface area contributed by atoms with Crippen LogP contribution in [0.2, 0.25) is 0 Å². The van der Waals surface area contributed by atoms with E-state index in [9.17, 15) is 0 Å². The third-order valence-electron chi connectivity index (χ3n) is 4.06. The summed E-state index contributed by atoms with van der Waals surface area (Å²) in [6.07, 6.45) is 19.7. The molecule has 0 unspecified atom stereocenters. The van der Waals surface area contributed by atoms with E-state index in [0.29, 0.717) is 0 Å². The average Bonchev–Trinajstić information content (AvgIpc) is 2.77. The van der Waals surface area contributed by atoms with Gasteiger partial charge in [0, 0.05) is 11.3 Å². The zero-order valence-electron chi connectivity index (χ0n) is 11.9. The molecule has 1 nitrogen and oxygen atoms in total. The second-order valence-electron chi connectivity index (χ2n) is 5.37. The maximum atomic E-state index is 2.38. The van der Waals surface area contributed by atoms with Crippen molar-refractivity contribution in [2.45, 2.75) is 12.8 Å². The first kappa shape index (κ1) is 12.2. The highest BCUT2D eigenvalue weighted by molar-refractivity contribution is 5.76. The van der Waals surface area contributed by atoms with E-state index in [1.54, 1.807) is 0 Å². The number of rotatable bonds is 1. The summed E-state index contributed by atoms with van der Waals surface area (Å²) in [7, 11) is 0. The Morgan fingerprint density at radius 1 is 0.762 bits per heavy atom. The largest absolute Gasteiger partial charge is 0.310 e. The van der Waals surface area contributed by atoms with Gasteiger partial charge in [0.25, 0.3) is 0 Å². The summed E-state index contributed by atoms with van der Waals surface area (Å²) in [5.74, 6) is 0. The highest BCUT2D eigenvalue weighted by Gasteiger charge is 2.19. The van der Waals surface area contributed by atoms with Crippen LogP contribution in [-0.2, 0) is 6.42 Å². The van der Waals surface area contributed by atoms with E-state index in [2.05, 4.69) is 83.5 Å². The highest BCUT2D eigenvalue weighted by atomic mass is 15.0. The molecule has 2 aromatic rings. The number of fused-ring (bicyclic) bond motifs is 3. The number of benzene rings is 1. The molecule has 0 radical (unpaired) electrons. The van der Waals surface area contributed by atoms with Crippen LogP contribution in [0.3, 0.4) is 0 Å². The van der Waals surface area contributed by atoms with Crippen LogP contribution in [0.15, 0.2) is 60.7 Å². The lowest BCUT2D eigenvalue weighted by Gasteiger charge is -2.10. The molecule has 4 rings (SSSR count). The first-order chi connectivity index (χ1) is 10.4. The second kappa shape index (κ2) is 5.10. The Labute approximate surface area is 125 Å². The zero-order valence-corrected chi connectivity index (χ0v) is 11.9. The van der Waals surface area contributed by atoms with Crippen LogP contribution in [0, 0.1) is 0 Å². The molecule has 1 aromatic heterocycles. The van der Waals surface area contributed by atoms with E-state index in [0.717, 1.165) is 12.8 Å². The van der Waals surface area contributed by atoms with Gasteiger partial charge in [-0.25, -0.2) is 0 Å². The lowest BCUT2D eigenvalue weighted by atomic mass is 10.1. The SMILES string of the molecule is C1=CCc2c3c(n(-c4ccccc4)c2C=C1)C=CCC=C3. The predicted molar refractivity (Wildman–Crippen MR) is 90.3 cm³/mol. The van der Waals surface area contributed by atoms with E-state index in [4.69, 9.17) is 0 Å². The zero-order chi connectivity index (χ0) is 14.1. The maximum Gasteiger partial charge on any atom is 0.0534 e. The van der Waals surface area contributed by atoms with Gasteiger partial charge in [-0.15, -0.1) is 0 Å². The van der Waals surface area contributed by atoms with E-state index >= 15 is 0 Å². The van der Waals surface area contributed by atoms with Crippen molar-refractivity contribution in [3.8, 4) is 5.69 Å². The van der Waals surface area contributed by atoms with Crippen LogP contribution < -0.4 is 0 Å². The van der Waals surface area contributed by atoms with Crippen molar-refractivity contribution in [1.82, 2.24) is 4.57 Å². The number of para-hydroxylation sites is 1. The minimum atomic E-state index is 0.989. The van der Waals surface area contributed by atoms with E-state index in [1.165, 1.54) is 28.2 Å².